The van der Waals surface area contributed by atoms with E-state index in [-0.39, 0.29) is 18.4 Å². The summed E-state index contributed by atoms with van der Waals surface area (Å²) in [4.78, 5) is 0. The number of fused-ring (bicyclic) bond motifs is 1. The molecule has 0 aromatic heterocycles. The lowest BCUT2D eigenvalue weighted by Crippen LogP contribution is -2.32. The molecule has 0 bridgehead atoms. The number of hydrogen-bond acceptors (Lipinski definition) is 3. The van der Waals surface area contributed by atoms with Gasteiger partial charge in [0.2, 0.25) is 0 Å². The summed E-state index contributed by atoms with van der Waals surface area (Å²) in [6.45, 7) is 0.752. The number of aromatic hydroxyl groups is 1. The number of aliphatic hydroxyl groups is 1. The third kappa shape index (κ3) is 1.47. The number of nitrogens with one attached hydrogen (secondary N) is 1. The summed E-state index contributed by atoms with van der Waals surface area (Å²) in [6, 6.07) is 3.10. The Morgan fingerprint density at radius 2 is 2.29 bits per heavy atom. The summed E-state index contributed by atoms with van der Waals surface area (Å²) < 4.78 is 0. The smallest absolute Gasteiger partial charge is 0.119 e. The highest BCUT2D eigenvalue weighted by atomic mass is 35.5. The van der Waals surface area contributed by atoms with Crippen molar-refractivity contribution in [2.24, 2.45) is 0 Å². The second kappa shape index (κ2) is 3.77. The predicted octanol–water partition coefficient (Wildman–Crippen LogP) is 1.22. The van der Waals surface area contributed by atoms with E-state index in [1.54, 1.807) is 12.1 Å². The second-order valence-corrected chi connectivity index (χ2v) is 3.81. The van der Waals surface area contributed by atoms with Crippen LogP contribution in [0.2, 0.25) is 5.02 Å². The van der Waals surface area contributed by atoms with Gasteiger partial charge in [-0.25, -0.2) is 0 Å². The standard InChI is InChI=1S/C10H12ClNO2/c11-7-1-2-9(14)6-3-4-12-8(5-13)10(6)7/h1-2,8,12-14H,3-5H2. The van der Waals surface area contributed by atoms with Gasteiger partial charge in [0, 0.05) is 10.6 Å². The summed E-state index contributed by atoms with van der Waals surface area (Å²) in [7, 11) is 0. The average molecular weight is 214 g/mol. The minimum absolute atomic E-state index is 0.00380. The molecule has 0 fully saturated rings. The van der Waals surface area contributed by atoms with Crippen LogP contribution in [0.5, 0.6) is 5.75 Å². The fourth-order valence-corrected chi connectivity index (χ4v) is 2.20. The Morgan fingerprint density at radius 1 is 1.50 bits per heavy atom. The van der Waals surface area contributed by atoms with Crippen molar-refractivity contribution >= 4 is 11.6 Å². The molecular weight excluding hydrogens is 202 g/mol. The van der Waals surface area contributed by atoms with Crippen molar-refractivity contribution in [1.82, 2.24) is 5.32 Å². The molecule has 2 rings (SSSR count). The number of phenols is 1. The van der Waals surface area contributed by atoms with Gasteiger partial charge in [-0.2, -0.15) is 0 Å². The van der Waals surface area contributed by atoms with E-state index < -0.39 is 0 Å². The van der Waals surface area contributed by atoms with Crippen molar-refractivity contribution in [3.63, 3.8) is 0 Å². The summed E-state index contributed by atoms with van der Waals surface area (Å²) in [5, 5.41) is 22.5. The Hall–Kier alpha value is -0.770. The summed E-state index contributed by atoms with van der Waals surface area (Å²) in [5.74, 6) is 0.268. The van der Waals surface area contributed by atoms with Gasteiger partial charge in [-0.3, -0.25) is 0 Å². The van der Waals surface area contributed by atoms with Crippen molar-refractivity contribution in [2.75, 3.05) is 13.2 Å². The molecule has 0 amide bonds. The molecular formula is C10H12ClNO2. The Kier molecular flexibility index (Phi) is 2.63. The third-order valence-electron chi connectivity index (χ3n) is 2.58. The van der Waals surface area contributed by atoms with Gasteiger partial charge in [0.25, 0.3) is 0 Å². The van der Waals surface area contributed by atoms with E-state index in [9.17, 15) is 5.11 Å². The van der Waals surface area contributed by atoms with Crippen molar-refractivity contribution in [3.8, 4) is 5.75 Å². The largest absolute Gasteiger partial charge is 0.508 e. The second-order valence-electron chi connectivity index (χ2n) is 3.40. The van der Waals surface area contributed by atoms with E-state index in [4.69, 9.17) is 16.7 Å². The zero-order valence-corrected chi connectivity index (χ0v) is 8.38. The number of aliphatic hydroxyl groups excluding tert-OH is 1. The molecule has 1 heterocycles. The minimum atomic E-state index is -0.154. The average Bonchev–Trinajstić information content (AvgIpc) is 2.23. The molecule has 76 valence electrons. The highest BCUT2D eigenvalue weighted by Gasteiger charge is 2.23. The van der Waals surface area contributed by atoms with Gasteiger partial charge in [0.1, 0.15) is 5.75 Å². The molecule has 1 aliphatic heterocycles. The minimum Gasteiger partial charge on any atom is -0.508 e. The molecule has 1 atom stereocenters. The lowest BCUT2D eigenvalue weighted by atomic mass is 9.94. The Morgan fingerprint density at radius 3 is 3.00 bits per heavy atom. The van der Waals surface area contributed by atoms with Crippen molar-refractivity contribution in [1.29, 1.82) is 0 Å². The molecule has 0 saturated carbocycles. The van der Waals surface area contributed by atoms with Crippen LogP contribution in [-0.4, -0.2) is 23.4 Å². The Balaban J connectivity index is 2.55. The lowest BCUT2D eigenvalue weighted by Gasteiger charge is -2.26. The highest BCUT2D eigenvalue weighted by molar-refractivity contribution is 6.31. The molecule has 0 spiro atoms. The first kappa shape index (κ1) is 9.77. The molecule has 14 heavy (non-hydrogen) atoms. The highest BCUT2D eigenvalue weighted by Crippen LogP contribution is 2.34. The first-order chi connectivity index (χ1) is 6.74. The van der Waals surface area contributed by atoms with E-state index in [1.165, 1.54) is 0 Å². The number of hydrogen-bond donors (Lipinski definition) is 3. The van der Waals surface area contributed by atoms with Crippen molar-refractivity contribution < 1.29 is 10.2 Å². The van der Waals surface area contributed by atoms with Gasteiger partial charge in [0.05, 0.1) is 12.6 Å². The number of rotatable bonds is 1. The quantitative estimate of drug-likeness (QED) is 0.658. The molecule has 1 aromatic carbocycles. The monoisotopic (exact) mass is 213 g/mol. The van der Waals surface area contributed by atoms with Gasteiger partial charge in [0.15, 0.2) is 0 Å². The Labute approximate surface area is 87.3 Å². The van der Waals surface area contributed by atoms with Gasteiger partial charge in [-0.1, -0.05) is 11.6 Å². The van der Waals surface area contributed by atoms with Crippen molar-refractivity contribution in [2.45, 2.75) is 12.5 Å². The number of halogens is 1. The van der Waals surface area contributed by atoms with Gasteiger partial charge < -0.3 is 15.5 Å². The molecule has 3 N–H and O–H groups in total. The molecule has 3 nitrogen and oxygen atoms in total. The van der Waals surface area contributed by atoms with Gasteiger partial charge in [-0.05, 0) is 30.7 Å². The van der Waals surface area contributed by atoms with E-state index in [0.29, 0.717) is 5.02 Å². The summed E-state index contributed by atoms with van der Waals surface area (Å²) in [6.07, 6.45) is 0.748. The molecule has 4 heteroatoms. The molecule has 0 radical (unpaired) electrons. The fourth-order valence-electron chi connectivity index (χ4n) is 1.89. The third-order valence-corrected chi connectivity index (χ3v) is 2.91. The predicted molar refractivity (Wildman–Crippen MR) is 54.7 cm³/mol. The van der Waals surface area contributed by atoms with Crippen LogP contribution in [0, 0.1) is 0 Å². The SMILES string of the molecule is OCC1NCCc2c(O)ccc(Cl)c21. The van der Waals surface area contributed by atoms with Crippen molar-refractivity contribution in [3.05, 3.63) is 28.3 Å². The van der Waals surface area contributed by atoms with E-state index in [1.807, 2.05) is 0 Å². The molecule has 1 aliphatic rings. The normalized spacial score (nSPS) is 20.6. The molecule has 1 unspecified atom stereocenters. The van der Waals surface area contributed by atoms with Gasteiger partial charge >= 0.3 is 0 Å². The van der Waals surface area contributed by atoms with Crippen LogP contribution in [0.3, 0.4) is 0 Å². The maximum absolute atomic E-state index is 9.63. The van der Waals surface area contributed by atoms with Crippen LogP contribution in [0.1, 0.15) is 17.2 Å². The molecule has 1 aromatic rings. The van der Waals surface area contributed by atoms with E-state index >= 15 is 0 Å². The summed E-state index contributed by atoms with van der Waals surface area (Å²) >= 11 is 6.03. The molecule has 0 aliphatic carbocycles. The van der Waals surface area contributed by atoms with Crippen LogP contribution in [0.4, 0.5) is 0 Å². The fraction of sp³-hybridized carbons (Fsp3) is 0.400. The van der Waals surface area contributed by atoms with Crippen LogP contribution < -0.4 is 5.32 Å². The zero-order chi connectivity index (χ0) is 10.1. The van der Waals surface area contributed by atoms with E-state index in [2.05, 4.69) is 5.32 Å². The van der Waals surface area contributed by atoms with E-state index in [0.717, 1.165) is 24.1 Å². The maximum Gasteiger partial charge on any atom is 0.119 e. The first-order valence-electron chi connectivity index (χ1n) is 4.58. The number of phenolic OH excluding ortho intramolecular Hbond substituents is 1. The lowest BCUT2D eigenvalue weighted by molar-refractivity contribution is 0.239. The first-order valence-corrected chi connectivity index (χ1v) is 4.96. The van der Waals surface area contributed by atoms with Gasteiger partial charge in [-0.15, -0.1) is 0 Å². The molecule has 0 saturated heterocycles. The van der Waals surface area contributed by atoms with Crippen LogP contribution in [-0.2, 0) is 6.42 Å². The maximum atomic E-state index is 9.63. The van der Waals surface area contributed by atoms with Crippen LogP contribution >= 0.6 is 11.6 Å². The van der Waals surface area contributed by atoms with Crippen LogP contribution in [0.15, 0.2) is 12.1 Å². The summed E-state index contributed by atoms with van der Waals surface area (Å²) in [5.41, 5.74) is 1.69. The number of benzene rings is 1. The van der Waals surface area contributed by atoms with Crippen LogP contribution in [0.25, 0.3) is 0 Å². The Bertz CT molecular complexity index is 354. The zero-order valence-electron chi connectivity index (χ0n) is 7.63. The topological polar surface area (TPSA) is 52.5 Å².